The van der Waals surface area contributed by atoms with Gasteiger partial charge < -0.3 is 4.74 Å². The largest absolute Gasteiger partial charge is 0.461 e. The van der Waals surface area contributed by atoms with Crippen molar-refractivity contribution in [2.75, 3.05) is 0 Å². The van der Waals surface area contributed by atoms with E-state index in [9.17, 15) is 4.79 Å². The van der Waals surface area contributed by atoms with Crippen LogP contribution in [-0.2, 0) is 9.53 Å². The lowest BCUT2D eigenvalue weighted by Gasteiger charge is -2.42. The minimum atomic E-state index is -0.0204. The zero-order valence-corrected chi connectivity index (χ0v) is 14.1. The van der Waals surface area contributed by atoms with Gasteiger partial charge in [-0.05, 0) is 36.2 Å². The van der Waals surface area contributed by atoms with Crippen LogP contribution in [0, 0.1) is 29.6 Å². The van der Waals surface area contributed by atoms with Crippen LogP contribution in [0.1, 0.15) is 53.9 Å². The molecule has 21 heavy (non-hydrogen) atoms. The average Bonchev–Trinajstić information content (AvgIpc) is 2.46. The Hall–Kier alpha value is -1.05. The molecule has 0 saturated carbocycles. The molecule has 0 spiro atoms. The first kappa shape index (κ1) is 16.3. The molecule has 2 heteroatoms. The second kappa shape index (κ2) is 6.81. The van der Waals surface area contributed by atoms with E-state index in [1.54, 1.807) is 0 Å². The molecular weight excluding hydrogens is 260 g/mol. The Kier molecular flexibility index (Phi) is 5.29. The summed E-state index contributed by atoms with van der Waals surface area (Å²) in [4.78, 5) is 12.2. The van der Waals surface area contributed by atoms with Crippen LogP contribution >= 0.6 is 0 Å². The molecule has 0 radical (unpaired) electrons. The summed E-state index contributed by atoms with van der Waals surface area (Å²) in [5.41, 5.74) is 1.39. The molecule has 0 aromatic heterocycles. The van der Waals surface area contributed by atoms with E-state index in [-0.39, 0.29) is 18.0 Å². The first-order valence-electron chi connectivity index (χ1n) is 8.58. The molecule has 2 rings (SSSR count). The van der Waals surface area contributed by atoms with Gasteiger partial charge in [-0.25, -0.2) is 0 Å². The molecule has 0 amide bonds. The number of fused-ring (bicyclic) bond motifs is 1. The van der Waals surface area contributed by atoms with Crippen molar-refractivity contribution in [1.82, 2.24) is 0 Å². The van der Waals surface area contributed by atoms with Gasteiger partial charge in [0.15, 0.2) is 0 Å². The fourth-order valence-electron chi connectivity index (χ4n) is 3.84. The monoisotopic (exact) mass is 290 g/mol. The van der Waals surface area contributed by atoms with Crippen molar-refractivity contribution in [2.45, 2.75) is 60.0 Å². The molecule has 0 unspecified atom stereocenters. The maximum absolute atomic E-state index is 12.2. The molecule has 0 bridgehead atoms. The van der Waals surface area contributed by atoms with E-state index in [4.69, 9.17) is 4.74 Å². The maximum atomic E-state index is 12.2. The Morgan fingerprint density at radius 3 is 2.71 bits per heavy atom. The molecule has 0 N–H and O–H groups in total. The summed E-state index contributed by atoms with van der Waals surface area (Å²) in [5.74, 6) is 2.01. The third-order valence-electron chi connectivity index (χ3n) is 5.35. The fraction of sp³-hybridized carbons (Fsp3) is 0.737. The first-order valence-corrected chi connectivity index (χ1v) is 8.58. The average molecular weight is 290 g/mol. The number of carbonyl (C=O) groups excluding carboxylic acids is 1. The Bertz CT molecular complexity index is 435. The third kappa shape index (κ3) is 3.41. The number of ether oxygens (including phenoxy) is 1. The summed E-state index contributed by atoms with van der Waals surface area (Å²) < 4.78 is 5.95. The van der Waals surface area contributed by atoms with Gasteiger partial charge in [-0.3, -0.25) is 4.79 Å². The minimum absolute atomic E-state index is 0.00583. The van der Waals surface area contributed by atoms with Gasteiger partial charge in [0.25, 0.3) is 0 Å². The standard InChI is InChI=1S/C19H30O2/c1-6-13(4)19(20)21-17-11-12(3)10-15-9-8-14(5)16(7-2)18(15)17/h8-10,12-14,16-18H,6-7,11H2,1-5H3/t12-,13-,14-,16-,17-,18-/m0/s1. The van der Waals surface area contributed by atoms with Crippen LogP contribution in [-0.4, -0.2) is 12.1 Å². The minimum Gasteiger partial charge on any atom is -0.461 e. The highest BCUT2D eigenvalue weighted by Gasteiger charge is 2.40. The van der Waals surface area contributed by atoms with E-state index in [1.165, 1.54) is 5.57 Å². The summed E-state index contributed by atoms with van der Waals surface area (Å²) in [6, 6.07) is 0. The van der Waals surface area contributed by atoms with Gasteiger partial charge in [0, 0.05) is 5.92 Å². The van der Waals surface area contributed by atoms with Gasteiger partial charge in [0.2, 0.25) is 0 Å². The van der Waals surface area contributed by atoms with Gasteiger partial charge in [0.1, 0.15) is 6.10 Å². The van der Waals surface area contributed by atoms with Crippen LogP contribution in [0.5, 0.6) is 0 Å². The molecule has 0 fully saturated rings. The summed E-state index contributed by atoms with van der Waals surface area (Å²) in [5, 5.41) is 0. The van der Waals surface area contributed by atoms with Crippen molar-refractivity contribution >= 4 is 5.97 Å². The zero-order valence-electron chi connectivity index (χ0n) is 14.1. The Morgan fingerprint density at radius 1 is 1.38 bits per heavy atom. The second-order valence-electron chi connectivity index (χ2n) is 6.98. The Labute approximate surface area is 129 Å². The molecule has 6 atom stereocenters. The van der Waals surface area contributed by atoms with Crippen molar-refractivity contribution in [3.8, 4) is 0 Å². The molecule has 2 aliphatic carbocycles. The van der Waals surface area contributed by atoms with E-state index in [1.807, 2.05) is 13.8 Å². The number of hydrogen-bond donors (Lipinski definition) is 0. The maximum Gasteiger partial charge on any atom is 0.308 e. The lowest BCUT2D eigenvalue weighted by atomic mass is 9.66. The molecule has 2 nitrogen and oxygen atoms in total. The molecule has 0 aromatic carbocycles. The molecule has 0 aliphatic heterocycles. The van der Waals surface area contributed by atoms with E-state index in [2.05, 4.69) is 39.0 Å². The molecule has 0 saturated heterocycles. The molecular formula is C19H30O2. The number of esters is 1. The van der Waals surface area contributed by atoms with Crippen LogP contribution in [0.3, 0.4) is 0 Å². The molecule has 0 heterocycles. The highest BCUT2D eigenvalue weighted by Crippen LogP contribution is 2.44. The molecule has 0 aromatic rings. The normalized spacial score (nSPS) is 36.6. The van der Waals surface area contributed by atoms with Crippen LogP contribution in [0.4, 0.5) is 0 Å². The number of allylic oxidation sites excluding steroid dienone is 3. The Balaban J connectivity index is 2.23. The fourth-order valence-corrected chi connectivity index (χ4v) is 3.84. The summed E-state index contributed by atoms with van der Waals surface area (Å²) in [6.45, 7) is 10.8. The number of carbonyl (C=O) groups is 1. The van der Waals surface area contributed by atoms with Crippen LogP contribution < -0.4 is 0 Å². The zero-order chi connectivity index (χ0) is 15.6. The van der Waals surface area contributed by atoms with Crippen LogP contribution in [0.15, 0.2) is 23.8 Å². The van der Waals surface area contributed by atoms with Crippen LogP contribution in [0.25, 0.3) is 0 Å². The first-order chi connectivity index (χ1) is 9.97. The van der Waals surface area contributed by atoms with Crippen molar-refractivity contribution in [2.24, 2.45) is 29.6 Å². The lowest BCUT2D eigenvalue weighted by Crippen LogP contribution is -2.41. The smallest absolute Gasteiger partial charge is 0.308 e. The van der Waals surface area contributed by atoms with Gasteiger partial charge >= 0.3 is 5.97 Å². The molecule has 2 aliphatic rings. The van der Waals surface area contributed by atoms with Gasteiger partial charge in [-0.1, -0.05) is 59.3 Å². The highest BCUT2D eigenvalue weighted by atomic mass is 16.5. The van der Waals surface area contributed by atoms with Crippen molar-refractivity contribution < 1.29 is 9.53 Å². The predicted molar refractivity (Wildman–Crippen MR) is 86.8 cm³/mol. The lowest BCUT2D eigenvalue weighted by molar-refractivity contribution is -0.158. The van der Waals surface area contributed by atoms with Gasteiger partial charge in [-0.2, -0.15) is 0 Å². The van der Waals surface area contributed by atoms with E-state index in [0.29, 0.717) is 23.7 Å². The summed E-state index contributed by atoms with van der Waals surface area (Å²) in [7, 11) is 0. The van der Waals surface area contributed by atoms with E-state index in [0.717, 1.165) is 19.3 Å². The number of hydrogen-bond acceptors (Lipinski definition) is 2. The van der Waals surface area contributed by atoms with Crippen LogP contribution in [0.2, 0.25) is 0 Å². The van der Waals surface area contributed by atoms with Crippen molar-refractivity contribution in [3.05, 3.63) is 23.8 Å². The molecule has 118 valence electrons. The van der Waals surface area contributed by atoms with Gasteiger partial charge in [0.05, 0.1) is 5.92 Å². The third-order valence-corrected chi connectivity index (χ3v) is 5.35. The van der Waals surface area contributed by atoms with Crippen molar-refractivity contribution in [3.63, 3.8) is 0 Å². The highest BCUT2D eigenvalue weighted by molar-refractivity contribution is 5.72. The second-order valence-corrected chi connectivity index (χ2v) is 6.98. The Morgan fingerprint density at radius 2 is 2.10 bits per heavy atom. The van der Waals surface area contributed by atoms with Gasteiger partial charge in [-0.15, -0.1) is 0 Å². The van der Waals surface area contributed by atoms with E-state index >= 15 is 0 Å². The number of rotatable bonds is 4. The van der Waals surface area contributed by atoms with E-state index < -0.39 is 0 Å². The summed E-state index contributed by atoms with van der Waals surface area (Å²) in [6.07, 6.45) is 9.97. The quantitative estimate of drug-likeness (QED) is 0.698. The topological polar surface area (TPSA) is 26.3 Å². The SMILES string of the molecule is CC[C@@H]1[C@@H]2C(=C[C@H](C)C[C@@H]2OC(=O)[C@@H](C)CC)C=C[C@@H]1C. The predicted octanol–water partition coefficient (Wildman–Crippen LogP) is 4.76. The van der Waals surface area contributed by atoms with Crippen molar-refractivity contribution in [1.29, 1.82) is 0 Å². The summed E-state index contributed by atoms with van der Waals surface area (Å²) >= 11 is 0.